The molecule has 0 aromatic heterocycles. The second kappa shape index (κ2) is 3.00. The molecule has 0 bridgehead atoms. The molecule has 0 amide bonds. The molecular weight excluding hydrogens is 144 g/mol. The lowest BCUT2D eigenvalue weighted by Gasteiger charge is -2.13. The predicted octanol–water partition coefficient (Wildman–Crippen LogP) is 2.29. The first-order chi connectivity index (χ1) is 3.06. The van der Waals surface area contributed by atoms with Gasteiger partial charge in [0.25, 0.3) is 0 Å². The SMILES string of the molecule is CC(C)(C)S[Si]Cl. The van der Waals surface area contributed by atoms with E-state index in [2.05, 4.69) is 20.8 Å². The molecule has 0 aliphatic heterocycles. The molecule has 3 heteroatoms. The summed E-state index contributed by atoms with van der Waals surface area (Å²) in [5.74, 6) is 0. The summed E-state index contributed by atoms with van der Waals surface area (Å²) in [6.07, 6.45) is 0. The van der Waals surface area contributed by atoms with E-state index in [1.807, 2.05) is 0 Å². The van der Waals surface area contributed by atoms with Crippen LogP contribution in [-0.2, 0) is 0 Å². The monoisotopic (exact) mass is 152 g/mol. The van der Waals surface area contributed by atoms with Crippen molar-refractivity contribution in [1.29, 1.82) is 0 Å². The molecule has 0 nitrogen and oxygen atoms in total. The summed E-state index contributed by atoms with van der Waals surface area (Å²) >= 11 is 7.26. The normalized spacial score (nSPS) is 12.0. The van der Waals surface area contributed by atoms with Gasteiger partial charge in [0.15, 0.2) is 0 Å². The third-order valence-electron chi connectivity index (χ3n) is 0.345. The van der Waals surface area contributed by atoms with Crippen LogP contribution in [0.25, 0.3) is 0 Å². The average molecular weight is 153 g/mol. The van der Waals surface area contributed by atoms with Gasteiger partial charge in [-0.3, -0.25) is 0 Å². The van der Waals surface area contributed by atoms with E-state index in [1.54, 1.807) is 11.2 Å². The molecule has 0 rings (SSSR count). The molecule has 0 unspecified atom stereocenters. The molecule has 0 saturated heterocycles. The summed E-state index contributed by atoms with van der Waals surface area (Å²) in [7, 11) is 0.498. The Bertz CT molecular complexity index is 50.1. The second-order valence-corrected chi connectivity index (χ2v) is 6.34. The average Bonchev–Trinajstić information content (AvgIpc) is 1.30. The van der Waals surface area contributed by atoms with E-state index in [0.717, 1.165) is 0 Å². The Kier molecular flexibility index (Phi) is 3.37. The van der Waals surface area contributed by atoms with Gasteiger partial charge in [-0.15, -0.1) is 0 Å². The van der Waals surface area contributed by atoms with Crippen molar-refractivity contribution in [2.24, 2.45) is 0 Å². The fourth-order valence-electron chi connectivity index (χ4n) is 0.116. The van der Waals surface area contributed by atoms with Crippen molar-refractivity contribution >= 4 is 30.3 Å². The summed E-state index contributed by atoms with van der Waals surface area (Å²) < 4.78 is 0.347. The number of hydrogen-bond donors (Lipinski definition) is 0. The van der Waals surface area contributed by atoms with Crippen LogP contribution in [0.4, 0.5) is 0 Å². The second-order valence-electron chi connectivity index (χ2n) is 2.29. The maximum atomic E-state index is 5.48. The smallest absolute Gasteiger partial charge is 0.163 e. The van der Waals surface area contributed by atoms with Gasteiger partial charge in [0.05, 0.1) is 0 Å². The molecule has 0 aliphatic carbocycles. The Morgan fingerprint density at radius 2 is 1.86 bits per heavy atom. The molecule has 42 valence electrons. The Labute approximate surface area is 56.2 Å². The van der Waals surface area contributed by atoms with Crippen molar-refractivity contribution in [2.75, 3.05) is 0 Å². The summed E-state index contributed by atoms with van der Waals surface area (Å²) in [5, 5.41) is 0. The van der Waals surface area contributed by atoms with E-state index in [1.165, 1.54) is 0 Å². The fraction of sp³-hybridized carbons (Fsp3) is 1.00. The molecule has 7 heavy (non-hydrogen) atoms. The molecule has 0 fully saturated rings. The Hall–Kier alpha value is 0.857. The molecular formula is C4H9ClSSi. The standard InChI is InChI=1S/C4H9ClSSi/c1-4(2,3)6-7-5/h1-3H3. The maximum absolute atomic E-state index is 5.48. The third-order valence-corrected chi connectivity index (χ3v) is 3.80. The number of hydrogen-bond acceptors (Lipinski definition) is 1. The van der Waals surface area contributed by atoms with Gasteiger partial charge < -0.3 is 0 Å². The van der Waals surface area contributed by atoms with Crippen LogP contribution >= 0.6 is 22.3 Å². The highest BCUT2D eigenvalue weighted by Gasteiger charge is 2.08. The zero-order valence-corrected chi connectivity index (χ0v) is 7.36. The molecule has 0 saturated carbocycles. The largest absolute Gasteiger partial charge is 0.250 e. The van der Waals surface area contributed by atoms with Crippen molar-refractivity contribution in [3.05, 3.63) is 0 Å². The molecule has 0 atom stereocenters. The highest BCUT2D eigenvalue weighted by atomic mass is 35.6. The van der Waals surface area contributed by atoms with Crippen LogP contribution in [0.3, 0.4) is 0 Å². The molecule has 0 spiro atoms. The molecule has 0 aromatic carbocycles. The minimum atomic E-state index is 0.347. The van der Waals surface area contributed by atoms with Gasteiger partial charge >= 0.3 is 0 Å². The van der Waals surface area contributed by atoms with Crippen LogP contribution in [0.1, 0.15) is 20.8 Å². The van der Waals surface area contributed by atoms with Crippen LogP contribution in [0.15, 0.2) is 0 Å². The Morgan fingerprint density at radius 3 is 1.86 bits per heavy atom. The topological polar surface area (TPSA) is 0 Å². The van der Waals surface area contributed by atoms with E-state index in [9.17, 15) is 0 Å². The van der Waals surface area contributed by atoms with E-state index in [-0.39, 0.29) is 0 Å². The van der Waals surface area contributed by atoms with E-state index < -0.39 is 0 Å². The fourth-order valence-corrected chi connectivity index (χ4v) is 3.12. The van der Waals surface area contributed by atoms with Crippen LogP contribution < -0.4 is 0 Å². The first-order valence-corrected chi connectivity index (χ1v) is 5.65. The molecule has 0 heterocycles. The lowest BCUT2D eigenvalue weighted by atomic mass is 10.3. The lowest BCUT2D eigenvalue weighted by Crippen LogP contribution is -2.07. The van der Waals surface area contributed by atoms with E-state index >= 15 is 0 Å². The Morgan fingerprint density at radius 1 is 1.43 bits per heavy atom. The molecule has 0 aromatic rings. The zero-order chi connectivity index (χ0) is 5.91. The van der Waals surface area contributed by atoms with Crippen LogP contribution in [0.5, 0.6) is 0 Å². The van der Waals surface area contributed by atoms with Crippen LogP contribution in [-0.4, -0.2) is 12.7 Å². The third kappa shape index (κ3) is 6.86. The molecule has 0 aliphatic rings. The van der Waals surface area contributed by atoms with Crippen LogP contribution in [0, 0.1) is 0 Å². The highest BCUT2D eigenvalue weighted by molar-refractivity contribution is 8.27. The van der Waals surface area contributed by atoms with Crippen molar-refractivity contribution in [3.63, 3.8) is 0 Å². The molecule has 2 radical (unpaired) electrons. The minimum Gasteiger partial charge on any atom is -0.163 e. The summed E-state index contributed by atoms with van der Waals surface area (Å²) in [4.78, 5) is 0. The molecule has 0 N–H and O–H groups in total. The van der Waals surface area contributed by atoms with Crippen molar-refractivity contribution in [1.82, 2.24) is 0 Å². The Balaban J connectivity index is 3.15. The maximum Gasteiger partial charge on any atom is 0.250 e. The van der Waals surface area contributed by atoms with Gasteiger partial charge in [0.2, 0.25) is 7.98 Å². The van der Waals surface area contributed by atoms with Gasteiger partial charge in [0.1, 0.15) is 0 Å². The van der Waals surface area contributed by atoms with Gasteiger partial charge in [-0.1, -0.05) is 20.8 Å². The van der Waals surface area contributed by atoms with Gasteiger partial charge in [0, 0.05) is 4.75 Å². The number of halogens is 1. The lowest BCUT2D eigenvalue weighted by molar-refractivity contribution is 0.810. The summed E-state index contributed by atoms with van der Waals surface area (Å²) in [6, 6.07) is 0. The first kappa shape index (κ1) is 7.86. The van der Waals surface area contributed by atoms with Crippen molar-refractivity contribution in [3.8, 4) is 0 Å². The quantitative estimate of drug-likeness (QED) is 0.411. The summed E-state index contributed by atoms with van der Waals surface area (Å²) in [6.45, 7) is 6.48. The van der Waals surface area contributed by atoms with E-state index in [4.69, 9.17) is 11.1 Å². The highest BCUT2D eigenvalue weighted by Crippen LogP contribution is 2.21. The van der Waals surface area contributed by atoms with Crippen molar-refractivity contribution in [2.45, 2.75) is 25.5 Å². The number of rotatable bonds is 1. The van der Waals surface area contributed by atoms with Crippen molar-refractivity contribution < 1.29 is 0 Å². The van der Waals surface area contributed by atoms with E-state index in [0.29, 0.717) is 12.7 Å². The van der Waals surface area contributed by atoms with Gasteiger partial charge in [-0.2, -0.15) is 22.3 Å². The van der Waals surface area contributed by atoms with Crippen LogP contribution in [0.2, 0.25) is 0 Å². The predicted molar refractivity (Wildman–Crippen MR) is 39.0 cm³/mol. The zero-order valence-electron chi connectivity index (χ0n) is 4.79. The minimum absolute atomic E-state index is 0.347. The van der Waals surface area contributed by atoms with Gasteiger partial charge in [-0.05, 0) is 0 Å². The summed E-state index contributed by atoms with van der Waals surface area (Å²) in [5.41, 5.74) is 0. The first-order valence-electron chi connectivity index (χ1n) is 2.10. The van der Waals surface area contributed by atoms with Gasteiger partial charge in [-0.25, -0.2) is 0 Å².